The minimum atomic E-state index is -4.35. The molecule has 3 nitrogen and oxygen atoms in total. The molecule has 0 atom stereocenters. The van der Waals surface area contributed by atoms with E-state index in [4.69, 9.17) is 0 Å². The number of likely N-dealkylation sites (tertiary alicyclic amines) is 1. The summed E-state index contributed by atoms with van der Waals surface area (Å²) in [7, 11) is 0. The van der Waals surface area contributed by atoms with E-state index in [0.29, 0.717) is 16.3 Å². The molecule has 0 N–H and O–H groups in total. The van der Waals surface area contributed by atoms with Crippen LogP contribution >= 0.6 is 11.3 Å². The summed E-state index contributed by atoms with van der Waals surface area (Å²) in [5, 5.41) is 2.25. The number of aromatic nitrogens is 1. The highest BCUT2D eigenvalue weighted by Crippen LogP contribution is 2.32. The van der Waals surface area contributed by atoms with Crippen LogP contribution in [0.1, 0.15) is 48.2 Å². The van der Waals surface area contributed by atoms with Crippen LogP contribution in [0, 0.1) is 0 Å². The number of hydrogen-bond acceptors (Lipinski definition) is 3. The molecule has 7 heteroatoms. The fraction of sp³-hybridized carbons (Fsp3) is 0.444. The number of carbonyl (C=O) groups is 1. The summed E-state index contributed by atoms with van der Waals surface area (Å²) < 4.78 is 37.9. The second-order valence-corrected chi connectivity index (χ2v) is 7.03. The molecule has 3 rings (SSSR count). The Morgan fingerprint density at radius 1 is 1.00 bits per heavy atom. The topological polar surface area (TPSA) is 33.2 Å². The Hall–Kier alpha value is -1.89. The molecule has 1 aromatic heterocycles. The van der Waals surface area contributed by atoms with Crippen molar-refractivity contribution in [1.29, 1.82) is 0 Å². The van der Waals surface area contributed by atoms with Crippen LogP contribution in [-0.2, 0) is 6.18 Å². The summed E-state index contributed by atoms with van der Waals surface area (Å²) in [6.45, 7) is 1.48. The molecule has 0 unspecified atom stereocenters. The van der Waals surface area contributed by atoms with Crippen molar-refractivity contribution in [2.24, 2.45) is 0 Å². The third kappa shape index (κ3) is 4.39. The van der Waals surface area contributed by atoms with Gasteiger partial charge in [-0.25, -0.2) is 4.98 Å². The van der Waals surface area contributed by atoms with Gasteiger partial charge in [-0.3, -0.25) is 4.79 Å². The number of hydrogen-bond donors (Lipinski definition) is 0. The van der Waals surface area contributed by atoms with E-state index in [2.05, 4.69) is 4.98 Å². The van der Waals surface area contributed by atoms with Crippen LogP contribution in [-0.4, -0.2) is 28.9 Å². The maximum atomic E-state index is 12.6. The Balaban J connectivity index is 1.74. The first-order chi connectivity index (χ1) is 11.9. The van der Waals surface area contributed by atoms with Crippen molar-refractivity contribution in [2.45, 2.75) is 38.3 Å². The largest absolute Gasteiger partial charge is 0.416 e. The zero-order valence-corrected chi connectivity index (χ0v) is 14.5. The third-order valence-corrected chi connectivity index (χ3v) is 5.22. The molecule has 2 heterocycles. The first kappa shape index (κ1) is 17.9. The van der Waals surface area contributed by atoms with Gasteiger partial charge in [0.1, 0.15) is 10.7 Å². The molecular formula is C18H19F3N2OS. The van der Waals surface area contributed by atoms with Crippen LogP contribution in [0.25, 0.3) is 10.6 Å². The molecule has 0 radical (unpaired) electrons. The molecule has 1 amide bonds. The molecule has 1 aliphatic rings. The molecule has 0 aliphatic carbocycles. The zero-order chi connectivity index (χ0) is 17.9. The lowest BCUT2D eigenvalue weighted by Crippen LogP contribution is -2.34. The normalized spacial score (nSPS) is 16.4. The van der Waals surface area contributed by atoms with E-state index in [-0.39, 0.29) is 5.91 Å². The van der Waals surface area contributed by atoms with E-state index in [1.165, 1.54) is 29.9 Å². The predicted molar refractivity (Wildman–Crippen MR) is 91.5 cm³/mol. The molecule has 1 fully saturated rings. The van der Waals surface area contributed by atoms with E-state index >= 15 is 0 Å². The van der Waals surface area contributed by atoms with Crippen LogP contribution in [0.3, 0.4) is 0 Å². The summed E-state index contributed by atoms with van der Waals surface area (Å²) in [4.78, 5) is 18.8. The van der Waals surface area contributed by atoms with Crippen LogP contribution in [0.15, 0.2) is 29.6 Å². The SMILES string of the molecule is O=C(c1csc(-c2ccc(C(F)(F)F)cc2)n1)N1CCCCCCC1. The summed E-state index contributed by atoms with van der Waals surface area (Å²) in [5.74, 6) is -0.0867. The Kier molecular flexibility index (Phi) is 5.42. The highest BCUT2D eigenvalue weighted by atomic mass is 32.1. The molecule has 0 saturated carbocycles. The maximum Gasteiger partial charge on any atom is 0.416 e. The monoisotopic (exact) mass is 368 g/mol. The number of thiazole rings is 1. The molecule has 0 spiro atoms. The van der Waals surface area contributed by atoms with Gasteiger partial charge in [-0.15, -0.1) is 11.3 Å². The number of halogens is 3. The van der Waals surface area contributed by atoms with Gasteiger partial charge in [-0.2, -0.15) is 13.2 Å². The lowest BCUT2D eigenvalue weighted by molar-refractivity contribution is -0.137. The minimum Gasteiger partial charge on any atom is -0.337 e. The van der Waals surface area contributed by atoms with Crippen LogP contribution in [0.2, 0.25) is 0 Å². The second-order valence-electron chi connectivity index (χ2n) is 6.17. The van der Waals surface area contributed by atoms with Crippen molar-refractivity contribution >= 4 is 17.2 Å². The van der Waals surface area contributed by atoms with Crippen molar-refractivity contribution in [2.75, 3.05) is 13.1 Å². The van der Waals surface area contributed by atoms with E-state index in [0.717, 1.165) is 50.9 Å². The van der Waals surface area contributed by atoms with Gasteiger partial charge in [0.05, 0.1) is 5.56 Å². The highest BCUT2D eigenvalue weighted by molar-refractivity contribution is 7.13. The fourth-order valence-electron chi connectivity index (χ4n) is 2.92. The maximum absolute atomic E-state index is 12.6. The Labute approximate surface area is 148 Å². The molecule has 25 heavy (non-hydrogen) atoms. The first-order valence-electron chi connectivity index (χ1n) is 8.37. The highest BCUT2D eigenvalue weighted by Gasteiger charge is 2.30. The van der Waals surface area contributed by atoms with Gasteiger partial charge in [0.2, 0.25) is 0 Å². The predicted octanol–water partition coefficient (Wildman–Crippen LogP) is 5.24. The standard InChI is InChI=1S/C18H19F3N2OS/c19-18(20,21)14-8-6-13(7-9-14)16-22-15(12-25-16)17(24)23-10-4-2-1-3-5-11-23/h6-9,12H,1-5,10-11H2. The van der Waals surface area contributed by atoms with E-state index in [9.17, 15) is 18.0 Å². The van der Waals surface area contributed by atoms with Gasteiger partial charge in [0, 0.05) is 24.0 Å². The van der Waals surface area contributed by atoms with Crippen LogP contribution in [0.5, 0.6) is 0 Å². The average molecular weight is 368 g/mol. The molecule has 134 valence electrons. The molecule has 1 aliphatic heterocycles. The molecule has 1 saturated heterocycles. The molecule has 1 aromatic carbocycles. The van der Waals surface area contributed by atoms with Crippen molar-refractivity contribution in [1.82, 2.24) is 9.88 Å². The lowest BCUT2D eigenvalue weighted by atomic mass is 10.1. The zero-order valence-electron chi connectivity index (χ0n) is 13.7. The smallest absolute Gasteiger partial charge is 0.337 e. The van der Waals surface area contributed by atoms with Crippen molar-refractivity contribution < 1.29 is 18.0 Å². The third-order valence-electron chi connectivity index (χ3n) is 4.33. The molecule has 0 bridgehead atoms. The van der Waals surface area contributed by atoms with Gasteiger partial charge in [0.15, 0.2) is 0 Å². The average Bonchev–Trinajstić information content (AvgIpc) is 3.03. The van der Waals surface area contributed by atoms with E-state index in [1.54, 1.807) is 5.38 Å². The van der Waals surface area contributed by atoms with Gasteiger partial charge in [-0.1, -0.05) is 31.4 Å². The summed E-state index contributed by atoms with van der Waals surface area (Å²) in [6, 6.07) is 4.87. The molecular weight excluding hydrogens is 349 g/mol. The number of benzene rings is 1. The second kappa shape index (κ2) is 7.56. The van der Waals surface area contributed by atoms with E-state index in [1.807, 2.05) is 4.90 Å². The van der Waals surface area contributed by atoms with Crippen LogP contribution < -0.4 is 0 Å². The Morgan fingerprint density at radius 3 is 2.20 bits per heavy atom. The first-order valence-corrected chi connectivity index (χ1v) is 9.25. The number of rotatable bonds is 2. The number of alkyl halides is 3. The number of nitrogens with zero attached hydrogens (tertiary/aromatic N) is 2. The quantitative estimate of drug-likeness (QED) is 0.727. The van der Waals surface area contributed by atoms with Gasteiger partial charge in [0.25, 0.3) is 5.91 Å². The van der Waals surface area contributed by atoms with Gasteiger partial charge >= 0.3 is 6.18 Å². The Bertz CT molecular complexity index is 717. The van der Waals surface area contributed by atoms with Crippen molar-refractivity contribution in [3.8, 4) is 10.6 Å². The summed E-state index contributed by atoms with van der Waals surface area (Å²) in [5.41, 5.74) is 0.273. The number of carbonyl (C=O) groups excluding carboxylic acids is 1. The molecule has 2 aromatic rings. The van der Waals surface area contributed by atoms with Crippen molar-refractivity contribution in [3.63, 3.8) is 0 Å². The lowest BCUT2D eigenvalue weighted by Gasteiger charge is -2.23. The summed E-state index contributed by atoms with van der Waals surface area (Å²) >= 11 is 1.28. The van der Waals surface area contributed by atoms with Crippen molar-refractivity contribution in [3.05, 3.63) is 40.9 Å². The Morgan fingerprint density at radius 2 is 1.60 bits per heavy atom. The fourth-order valence-corrected chi connectivity index (χ4v) is 3.72. The van der Waals surface area contributed by atoms with Crippen LogP contribution in [0.4, 0.5) is 13.2 Å². The van der Waals surface area contributed by atoms with Gasteiger partial charge < -0.3 is 4.90 Å². The van der Waals surface area contributed by atoms with Gasteiger partial charge in [-0.05, 0) is 25.0 Å². The minimum absolute atomic E-state index is 0.0867. The van der Waals surface area contributed by atoms with E-state index < -0.39 is 11.7 Å². The summed E-state index contributed by atoms with van der Waals surface area (Å²) in [6.07, 6.45) is 1.14. The number of amides is 1.